The molecule has 2 N–H and O–H groups in total. The van der Waals surface area contributed by atoms with Crippen molar-refractivity contribution in [3.63, 3.8) is 0 Å². The van der Waals surface area contributed by atoms with Gasteiger partial charge in [-0.25, -0.2) is 4.39 Å². The van der Waals surface area contributed by atoms with E-state index in [1.165, 1.54) is 12.1 Å². The van der Waals surface area contributed by atoms with Crippen LogP contribution in [0.4, 0.5) is 15.8 Å². The van der Waals surface area contributed by atoms with Crippen molar-refractivity contribution in [2.24, 2.45) is 11.8 Å². The summed E-state index contributed by atoms with van der Waals surface area (Å²) in [5, 5.41) is 14.3. The highest BCUT2D eigenvalue weighted by molar-refractivity contribution is 5.94. The third-order valence-electron chi connectivity index (χ3n) is 4.88. The number of nitriles is 1. The molecule has 3 rings (SSSR count). The Bertz CT molecular complexity index is 866. The summed E-state index contributed by atoms with van der Waals surface area (Å²) in [4.78, 5) is 24.8. The summed E-state index contributed by atoms with van der Waals surface area (Å²) in [7, 11) is 0. The largest absolute Gasteiger partial charge is 0.326 e. The second-order valence-corrected chi connectivity index (χ2v) is 6.70. The van der Waals surface area contributed by atoms with Crippen molar-refractivity contribution in [1.82, 2.24) is 0 Å². The average Bonchev–Trinajstić information content (AvgIpc) is 2.70. The molecule has 1 fully saturated rings. The highest BCUT2D eigenvalue weighted by Crippen LogP contribution is 2.31. The number of benzene rings is 2. The van der Waals surface area contributed by atoms with E-state index in [-0.39, 0.29) is 29.3 Å². The zero-order valence-electron chi connectivity index (χ0n) is 14.7. The molecule has 1 aliphatic rings. The molecule has 6 heteroatoms. The number of amides is 2. The summed E-state index contributed by atoms with van der Waals surface area (Å²) in [6, 6.07) is 14.8. The van der Waals surface area contributed by atoms with Crippen molar-refractivity contribution >= 4 is 23.2 Å². The minimum absolute atomic E-state index is 0.0762. The molecular formula is C21H20FN3O2. The number of hydrogen-bond acceptors (Lipinski definition) is 3. The number of nitrogens with zero attached hydrogens (tertiary/aromatic N) is 1. The van der Waals surface area contributed by atoms with Crippen molar-refractivity contribution in [2.45, 2.75) is 25.7 Å². The predicted octanol–water partition coefficient (Wildman–Crippen LogP) is 4.08. The molecule has 0 saturated heterocycles. The first kappa shape index (κ1) is 18.6. The van der Waals surface area contributed by atoms with Crippen LogP contribution in [-0.4, -0.2) is 11.8 Å². The van der Waals surface area contributed by atoms with Crippen LogP contribution in [-0.2, 0) is 9.59 Å². The van der Waals surface area contributed by atoms with E-state index in [0.29, 0.717) is 36.9 Å². The number of hydrogen-bond donors (Lipinski definition) is 2. The first-order valence-electron chi connectivity index (χ1n) is 8.93. The van der Waals surface area contributed by atoms with E-state index in [4.69, 9.17) is 5.26 Å². The molecule has 5 nitrogen and oxygen atoms in total. The van der Waals surface area contributed by atoms with Crippen LogP contribution in [0.2, 0.25) is 0 Å². The van der Waals surface area contributed by atoms with E-state index >= 15 is 0 Å². The van der Waals surface area contributed by atoms with Crippen LogP contribution in [0.25, 0.3) is 0 Å². The van der Waals surface area contributed by atoms with Gasteiger partial charge in [-0.1, -0.05) is 12.1 Å². The van der Waals surface area contributed by atoms with Crippen molar-refractivity contribution in [3.8, 4) is 6.07 Å². The van der Waals surface area contributed by atoms with Crippen molar-refractivity contribution < 1.29 is 14.0 Å². The van der Waals surface area contributed by atoms with Crippen LogP contribution in [0.5, 0.6) is 0 Å². The monoisotopic (exact) mass is 365 g/mol. The van der Waals surface area contributed by atoms with Crippen molar-refractivity contribution in [3.05, 3.63) is 59.9 Å². The lowest BCUT2D eigenvalue weighted by atomic mass is 9.81. The van der Waals surface area contributed by atoms with E-state index in [1.54, 1.807) is 36.4 Å². The zero-order chi connectivity index (χ0) is 19.2. The minimum Gasteiger partial charge on any atom is -0.326 e. The van der Waals surface area contributed by atoms with E-state index in [0.717, 1.165) is 0 Å². The third kappa shape index (κ3) is 4.70. The molecule has 0 unspecified atom stereocenters. The van der Waals surface area contributed by atoms with Crippen LogP contribution in [0.15, 0.2) is 48.5 Å². The molecule has 0 bridgehead atoms. The quantitative estimate of drug-likeness (QED) is 0.856. The molecular weight excluding hydrogens is 345 g/mol. The topological polar surface area (TPSA) is 82.0 Å². The van der Waals surface area contributed by atoms with Crippen LogP contribution >= 0.6 is 0 Å². The van der Waals surface area contributed by atoms with Gasteiger partial charge < -0.3 is 10.6 Å². The number of carbonyl (C=O) groups excluding carboxylic acids is 2. The van der Waals surface area contributed by atoms with E-state index in [9.17, 15) is 14.0 Å². The minimum atomic E-state index is -0.457. The highest BCUT2D eigenvalue weighted by Gasteiger charge is 2.30. The molecule has 1 saturated carbocycles. The first-order valence-corrected chi connectivity index (χ1v) is 8.93. The second kappa shape index (κ2) is 8.45. The maximum Gasteiger partial charge on any atom is 0.227 e. The SMILES string of the molecule is N#Cc1ccc(NC(=O)C2CCC(C(=O)Nc3ccccc3F)CC2)cc1. The normalized spacial score (nSPS) is 19.0. The van der Waals surface area contributed by atoms with Gasteiger partial charge in [-0.3, -0.25) is 9.59 Å². The summed E-state index contributed by atoms with van der Waals surface area (Å²) in [5.41, 5.74) is 1.37. The van der Waals surface area contributed by atoms with Crippen LogP contribution < -0.4 is 10.6 Å². The standard InChI is InChI=1S/C21H20FN3O2/c22-18-3-1-2-4-19(18)25-21(27)16-9-7-15(8-10-16)20(26)24-17-11-5-14(13-23)6-12-17/h1-6,11-12,15-16H,7-10H2,(H,24,26)(H,25,27). The first-order chi connectivity index (χ1) is 13.1. The molecule has 2 aromatic rings. The molecule has 2 amide bonds. The number of halogens is 1. The number of nitrogens with one attached hydrogen (secondary N) is 2. The van der Waals surface area contributed by atoms with Gasteiger partial charge in [-0.15, -0.1) is 0 Å². The summed E-state index contributed by atoms with van der Waals surface area (Å²) in [5.74, 6) is -1.11. The van der Waals surface area contributed by atoms with Crippen molar-refractivity contribution in [2.75, 3.05) is 10.6 Å². The number of para-hydroxylation sites is 1. The number of rotatable bonds is 4. The molecule has 138 valence electrons. The van der Waals surface area contributed by atoms with Gasteiger partial charge >= 0.3 is 0 Å². The third-order valence-corrected chi connectivity index (χ3v) is 4.88. The summed E-state index contributed by atoms with van der Waals surface area (Å²) in [6.45, 7) is 0. The smallest absolute Gasteiger partial charge is 0.227 e. The Balaban J connectivity index is 1.50. The lowest BCUT2D eigenvalue weighted by Gasteiger charge is -2.27. The molecule has 0 heterocycles. The Morgan fingerprint density at radius 3 is 2.00 bits per heavy atom. The Morgan fingerprint density at radius 2 is 1.44 bits per heavy atom. The van der Waals surface area contributed by atoms with E-state index in [1.807, 2.05) is 6.07 Å². The maximum atomic E-state index is 13.7. The van der Waals surface area contributed by atoms with Gasteiger partial charge in [-0.05, 0) is 62.1 Å². The van der Waals surface area contributed by atoms with Gasteiger partial charge in [0, 0.05) is 17.5 Å². The van der Waals surface area contributed by atoms with E-state index in [2.05, 4.69) is 10.6 Å². The van der Waals surface area contributed by atoms with Gasteiger partial charge in [0.1, 0.15) is 5.82 Å². The van der Waals surface area contributed by atoms with Crippen LogP contribution in [0.3, 0.4) is 0 Å². The zero-order valence-corrected chi connectivity index (χ0v) is 14.7. The lowest BCUT2D eigenvalue weighted by Crippen LogP contribution is -2.32. The summed E-state index contributed by atoms with van der Waals surface area (Å²) >= 11 is 0. The Hall–Kier alpha value is -3.20. The van der Waals surface area contributed by atoms with Gasteiger partial charge in [-0.2, -0.15) is 5.26 Å². The molecule has 1 aliphatic carbocycles. The van der Waals surface area contributed by atoms with Gasteiger partial charge in [0.05, 0.1) is 17.3 Å². The van der Waals surface area contributed by atoms with Gasteiger partial charge in [0.25, 0.3) is 0 Å². The lowest BCUT2D eigenvalue weighted by molar-refractivity contribution is -0.125. The van der Waals surface area contributed by atoms with Gasteiger partial charge in [0.15, 0.2) is 0 Å². The fourth-order valence-corrected chi connectivity index (χ4v) is 3.29. The van der Waals surface area contributed by atoms with Crippen LogP contribution in [0.1, 0.15) is 31.2 Å². The molecule has 0 atom stereocenters. The van der Waals surface area contributed by atoms with Gasteiger partial charge in [0.2, 0.25) is 11.8 Å². The average molecular weight is 365 g/mol. The molecule has 0 aliphatic heterocycles. The Morgan fingerprint density at radius 1 is 0.889 bits per heavy atom. The fourth-order valence-electron chi connectivity index (χ4n) is 3.29. The number of anilines is 2. The Labute approximate surface area is 157 Å². The molecule has 0 radical (unpaired) electrons. The summed E-state index contributed by atoms with van der Waals surface area (Å²) in [6.07, 6.45) is 2.40. The predicted molar refractivity (Wildman–Crippen MR) is 100 cm³/mol. The van der Waals surface area contributed by atoms with Crippen LogP contribution in [0, 0.1) is 29.0 Å². The maximum absolute atomic E-state index is 13.7. The Kier molecular flexibility index (Phi) is 5.82. The second-order valence-electron chi connectivity index (χ2n) is 6.70. The molecule has 27 heavy (non-hydrogen) atoms. The van der Waals surface area contributed by atoms with E-state index < -0.39 is 5.82 Å². The highest BCUT2D eigenvalue weighted by atomic mass is 19.1. The fraction of sp³-hybridized carbons (Fsp3) is 0.286. The number of carbonyl (C=O) groups is 2. The summed E-state index contributed by atoms with van der Waals surface area (Å²) < 4.78 is 13.7. The molecule has 0 aromatic heterocycles. The molecule has 2 aromatic carbocycles. The van der Waals surface area contributed by atoms with Crippen molar-refractivity contribution in [1.29, 1.82) is 5.26 Å². The molecule has 0 spiro atoms.